The van der Waals surface area contributed by atoms with Crippen LogP contribution in [0, 0.1) is 12.7 Å². The van der Waals surface area contributed by atoms with Crippen LogP contribution in [-0.4, -0.2) is 26.1 Å². The van der Waals surface area contributed by atoms with E-state index in [0.29, 0.717) is 4.47 Å². The summed E-state index contributed by atoms with van der Waals surface area (Å²) >= 11 is 3.21. The topological polar surface area (TPSA) is 68.0 Å². The number of hydrogen-bond donors (Lipinski definition) is 1. The Hall–Kier alpha value is -1.76. The molecule has 1 aromatic heterocycles. The summed E-state index contributed by atoms with van der Waals surface area (Å²) in [5.74, 6) is -1.69. The van der Waals surface area contributed by atoms with Gasteiger partial charge >= 0.3 is 5.97 Å². The molecule has 7 heteroatoms. The van der Waals surface area contributed by atoms with Crippen molar-refractivity contribution < 1.29 is 14.3 Å². The van der Waals surface area contributed by atoms with E-state index in [2.05, 4.69) is 26.2 Å². The van der Waals surface area contributed by atoms with Crippen molar-refractivity contribution in [2.45, 2.75) is 6.92 Å². The third-order valence-electron chi connectivity index (χ3n) is 2.23. The lowest BCUT2D eigenvalue weighted by Crippen LogP contribution is -2.04. The highest BCUT2D eigenvalue weighted by Crippen LogP contribution is 2.20. The molecule has 0 aliphatic carbocycles. The van der Waals surface area contributed by atoms with Crippen molar-refractivity contribution in [3.63, 3.8) is 0 Å². The van der Waals surface area contributed by atoms with Gasteiger partial charge in [-0.25, -0.2) is 13.9 Å². The van der Waals surface area contributed by atoms with Gasteiger partial charge in [-0.3, -0.25) is 0 Å². The average Bonchev–Trinajstić information content (AvgIpc) is 2.64. The van der Waals surface area contributed by atoms with Crippen molar-refractivity contribution >= 4 is 21.9 Å². The predicted molar refractivity (Wildman–Crippen MR) is 60.7 cm³/mol. The zero-order chi connectivity index (χ0) is 12.6. The molecule has 0 fully saturated rings. The van der Waals surface area contributed by atoms with Gasteiger partial charge in [0.15, 0.2) is 5.69 Å². The lowest BCUT2D eigenvalue weighted by atomic mass is 10.3. The standard InChI is InChI=1S/C10H7BrFN3O2/c1-5-9(10(16)17)13-14-15(5)8-4-6(11)2-3-7(8)12/h2-4H,1H3,(H,16,17). The highest BCUT2D eigenvalue weighted by Gasteiger charge is 2.17. The number of benzene rings is 1. The van der Waals surface area contributed by atoms with Gasteiger partial charge in [-0.2, -0.15) is 0 Å². The molecule has 0 saturated heterocycles. The Kier molecular flexibility index (Phi) is 2.93. The Bertz CT molecular complexity index is 597. The summed E-state index contributed by atoms with van der Waals surface area (Å²) in [5.41, 5.74) is 0.232. The van der Waals surface area contributed by atoms with Crippen molar-refractivity contribution in [2.75, 3.05) is 0 Å². The van der Waals surface area contributed by atoms with Crippen LogP contribution in [0.4, 0.5) is 4.39 Å². The molecule has 5 nitrogen and oxygen atoms in total. The first-order valence-corrected chi connectivity index (χ1v) is 5.41. The molecule has 0 unspecified atom stereocenters. The molecule has 88 valence electrons. The largest absolute Gasteiger partial charge is 0.476 e. The number of carboxylic acid groups (broad SMARTS) is 1. The minimum Gasteiger partial charge on any atom is -0.476 e. The van der Waals surface area contributed by atoms with E-state index in [1.54, 1.807) is 6.07 Å². The molecule has 0 atom stereocenters. The SMILES string of the molecule is Cc1c(C(=O)O)nnn1-c1cc(Br)ccc1F. The van der Waals surface area contributed by atoms with Gasteiger partial charge in [0.2, 0.25) is 0 Å². The highest BCUT2D eigenvalue weighted by atomic mass is 79.9. The molecule has 2 rings (SSSR count). The van der Waals surface area contributed by atoms with Crippen molar-refractivity contribution in [1.82, 2.24) is 15.0 Å². The molecular formula is C10H7BrFN3O2. The second kappa shape index (κ2) is 4.25. The van der Waals surface area contributed by atoms with Crippen LogP contribution < -0.4 is 0 Å². The van der Waals surface area contributed by atoms with E-state index < -0.39 is 11.8 Å². The molecule has 1 heterocycles. The minimum atomic E-state index is -1.19. The normalized spacial score (nSPS) is 10.5. The van der Waals surface area contributed by atoms with Crippen molar-refractivity contribution in [3.8, 4) is 5.69 Å². The fourth-order valence-electron chi connectivity index (χ4n) is 1.40. The van der Waals surface area contributed by atoms with Crippen molar-refractivity contribution in [2.24, 2.45) is 0 Å². The lowest BCUT2D eigenvalue weighted by Gasteiger charge is -2.05. The zero-order valence-electron chi connectivity index (χ0n) is 8.69. The van der Waals surface area contributed by atoms with E-state index in [1.807, 2.05) is 0 Å². The summed E-state index contributed by atoms with van der Waals surface area (Å²) in [5, 5.41) is 16.0. The van der Waals surface area contributed by atoms with Crippen LogP contribution in [0.25, 0.3) is 5.69 Å². The van der Waals surface area contributed by atoms with E-state index in [9.17, 15) is 9.18 Å². The maximum atomic E-state index is 13.6. The smallest absolute Gasteiger partial charge is 0.358 e. The first kappa shape index (κ1) is 11.7. The second-order valence-corrected chi connectivity index (χ2v) is 4.25. The number of nitrogens with zero attached hydrogens (tertiary/aromatic N) is 3. The lowest BCUT2D eigenvalue weighted by molar-refractivity contribution is 0.0689. The van der Waals surface area contributed by atoms with Crippen molar-refractivity contribution in [3.05, 3.63) is 39.9 Å². The van der Waals surface area contributed by atoms with Crippen LogP contribution >= 0.6 is 15.9 Å². The molecule has 0 aliphatic rings. The first-order valence-electron chi connectivity index (χ1n) is 4.61. The van der Waals surface area contributed by atoms with Crippen LogP contribution in [-0.2, 0) is 0 Å². The summed E-state index contributed by atoms with van der Waals surface area (Å²) in [4.78, 5) is 10.8. The van der Waals surface area contributed by atoms with Crippen LogP contribution in [0.2, 0.25) is 0 Å². The van der Waals surface area contributed by atoms with Crippen LogP contribution in [0.1, 0.15) is 16.2 Å². The first-order chi connectivity index (χ1) is 8.00. The number of rotatable bonds is 2. The molecule has 0 radical (unpaired) electrons. The number of aromatic carboxylic acids is 1. The van der Waals surface area contributed by atoms with E-state index in [1.165, 1.54) is 19.1 Å². The monoisotopic (exact) mass is 299 g/mol. The summed E-state index contributed by atoms with van der Waals surface area (Å²) in [6.45, 7) is 1.52. The van der Waals surface area contributed by atoms with Gasteiger partial charge in [0, 0.05) is 4.47 Å². The molecule has 0 amide bonds. The van der Waals surface area contributed by atoms with Gasteiger partial charge in [0.25, 0.3) is 0 Å². The number of hydrogen-bond acceptors (Lipinski definition) is 3. The number of aromatic nitrogens is 3. The summed E-state index contributed by atoms with van der Waals surface area (Å²) < 4.78 is 15.4. The summed E-state index contributed by atoms with van der Waals surface area (Å²) in [7, 11) is 0. The molecule has 0 aliphatic heterocycles. The quantitative estimate of drug-likeness (QED) is 0.923. The Labute approximate surface area is 104 Å². The van der Waals surface area contributed by atoms with Gasteiger partial charge < -0.3 is 5.11 Å². The zero-order valence-corrected chi connectivity index (χ0v) is 10.3. The van der Waals surface area contributed by atoms with E-state index >= 15 is 0 Å². The van der Waals surface area contributed by atoms with Gasteiger partial charge in [-0.05, 0) is 25.1 Å². The second-order valence-electron chi connectivity index (χ2n) is 3.34. The molecule has 0 bridgehead atoms. The number of carbonyl (C=O) groups is 1. The van der Waals surface area contributed by atoms with Gasteiger partial charge in [-0.15, -0.1) is 5.10 Å². The van der Waals surface area contributed by atoms with E-state index in [-0.39, 0.29) is 17.1 Å². The van der Waals surface area contributed by atoms with Crippen LogP contribution in [0.3, 0.4) is 0 Å². The van der Waals surface area contributed by atoms with Crippen molar-refractivity contribution in [1.29, 1.82) is 0 Å². The Balaban J connectivity index is 2.61. The minimum absolute atomic E-state index is 0.150. The Morgan fingerprint density at radius 3 is 2.82 bits per heavy atom. The molecular weight excluding hydrogens is 293 g/mol. The van der Waals surface area contributed by atoms with Gasteiger partial charge in [0.1, 0.15) is 11.5 Å². The van der Waals surface area contributed by atoms with Crippen LogP contribution in [0.15, 0.2) is 22.7 Å². The predicted octanol–water partition coefficient (Wildman–Crippen LogP) is 2.18. The molecule has 0 spiro atoms. The van der Waals surface area contributed by atoms with E-state index in [4.69, 9.17) is 5.11 Å². The average molecular weight is 300 g/mol. The fourth-order valence-corrected chi connectivity index (χ4v) is 1.75. The Morgan fingerprint density at radius 2 is 2.24 bits per heavy atom. The molecule has 2 aromatic rings. The summed E-state index contributed by atoms with van der Waals surface area (Å²) in [6.07, 6.45) is 0. The Morgan fingerprint density at radius 1 is 1.53 bits per heavy atom. The molecule has 17 heavy (non-hydrogen) atoms. The number of halogens is 2. The van der Waals surface area contributed by atoms with Crippen LogP contribution in [0.5, 0.6) is 0 Å². The fraction of sp³-hybridized carbons (Fsp3) is 0.100. The maximum Gasteiger partial charge on any atom is 0.358 e. The third kappa shape index (κ3) is 2.05. The molecule has 0 saturated carbocycles. The third-order valence-corrected chi connectivity index (χ3v) is 2.73. The molecule has 1 aromatic carbocycles. The van der Waals surface area contributed by atoms with Gasteiger partial charge in [0.05, 0.1) is 5.69 Å². The van der Waals surface area contributed by atoms with E-state index in [0.717, 1.165) is 4.68 Å². The highest BCUT2D eigenvalue weighted by molar-refractivity contribution is 9.10. The summed E-state index contributed by atoms with van der Waals surface area (Å²) in [6, 6.07) is 4.31. The molecule has 1 N–H and O–H groups in total. The number of carboxylic acids is 1. The maximum absolute atomic E-state index is 13.6. The van der Waals surface area contributed by atoms with Gasteiger partial charge in [-0.1, -0.05) is 21.1 Å².